The number of carbonyl (C=O) groups is 1. The van der Waals surface area contributed by atoms with Gasteiger partial charge in [-0.25, -0.2) is 4.39 Å². The third kappa shape index (κ3) is 3.54. The summed E-state index contributed by atoms with van der Waals surface area (Å²) < 4.78 is 16.3. The number of para-hydroxylation sites is 1. The minimum Gasteiger partial charge on any atom is -0.352 e. The lowest BCUT2D eigenvalue weighted by atomic mass is 10.1. The van der Waals surface area contributed by atoms with Crippen molar-refractivity contribution in [2.24, 2.45) is 0 Å². The summed E-state index contributed by atoms with van der Waals surface area (Å²) in [5, 5.41) is 2.95. The Morgan fingerprint density at radius 2 is 1.77 bits per heavy atom. The van der Waals surface area contributed by atoms with E-state index in [1.165, 1.54) is 6.07 Å². The summed E-state index contributed by atoms with van der Waals surface area (Å²) in [6, 6.07) is 18.2. The highest BCUT2D eigenvalue weighted by atomic mass is 19.1. The van der Waals surface area contributed by atoms with Gasteiger partial charge in [0.05, 0.1) is 16.9 Å². The average Bonchev–Trinajstić information content (AvgIpc) is 3.00. The van der Waals surface area contributed by atoms with Crippen LogP contribution in [0.5, 0.6) is 0 Å². The summed E-state index contributed by atoms with van der Waals surface area (Å²) in [5.74, 6) is -0.440. The molecule has 0 saturated carbocycles. The molecule has 26 heavy (non-hydrogen) atoms. The largest absolute Gasteiger partial charge is 0.352 e. The smallest absolute Gasteiger partial charge is 0.253 e. The van der Waals surface area contributed by atoms with Crippen LogP contribution in [-0.4, -0.2) is 17.0 Å². The molecule has 0 atom stereocenters. The fraction of sp³-hybridized carbons (Fsp3) is 0.227. The third-order valence-electron chi connectivity index (χ3n) is 4.47. The Kier molecular flexibility index (Phi) is 5.52. The monoisotopic (exact) mass is 350 g/mol. The quantitative estimate of drug-likeness (QED) is 0.615. The molecule has 1 heterocycles. The molecule has 0 aliphatic carbocycles. The maximum atomic E-state index is 14.5. The molecular formula is C22H23FN2O. The maximum Gasteiger partial charge on any atom is 0.253 e. The number of amides is 1. The molecule has 3 aromatic rings. The highest BCUT2D eigenvalue weighted by molar-refractivity contribution is 5.97. The van der Waals surface area contributed by atoms with E-state index in [-0.39, 0.29) is 11.7 Å². The lowest BCUT2D eigenvalue weighted by molar-refractivity contribution is 0.0952. The molecule has 0 aliphatic heterocycles. The van der Waals surface area contributed by atoms with Crippen molar-refractivity contribution in [3.63, 3.8) is 0 Å². The fourth-order valence-electron chi connectivity index (χ4n) is 3.08. The minimum absolute atomic E-state index is 0.122. The standard InChI is InChI=1S/C22H23FN2O/c1-3-4-14-24-22(26)18-15-21(17-10-6-5-7-11-17)25(16(18)2)20-13-9-8-12-19(20)23/h5-13,15H,3-4,14H2,1-2H3,(H,24,26). The van der Waals surface area contributed by atoms with Crippen LogP contribution < -0.4 is 5.32 Å². The Hall–Kier alpha value is -2.88. The van der Waals surface area contributed by atoms with Crippen molar-refractivity contribution in [1.29, 1.82) is 0 Å². The zero-order valence-electron chi connectivity index (χ0n) is 15.1. The van der Waals surface area contributed by atoms with E-state index in [1.807, 2.05) is 47.9 Å². The molecule has 0 aliphatic rings. The second-order valence-electron chi connectivity index (χ2n) is 6.29. The van der Waals surface area contributed by atoms with E-state index in [0.717, 1.165) is 29.8 Å². The van der Waals surface area contributed by atoms with E-state index in [0.29, 0.717) is 17.8 Å². The Bertz CT molecular complexity index is 900. The fourth-order valence-corrected chi connectivity index (χ4v) is 3.08. The van der Waals surface area contributed by atoms with E-state index >= 15 is 0 Å². The number of hydrogen-bond acceptors (Lipinski definition) is 1. The van der Waals surface area contributed by atoms with Crippen LogP contribution in [0.2, 0.25) is 0 Å². The van der Waals surface area contributed by atoms with Crippen molar-refractivity contribution in [3.05, 3.63) is 77.7 Å². The van der Waals surface area contributed by atoms with Crippen molar-refractivity contribution >= 4 is 5.91 Å². The summed E-state index contributed by atoms with van der Waals surface area (Å²) in [6.45, 7) is 4.58. The van der Waals surface area contributed by atoms with Gasteiger partial charge in [0.1, 0.15) is 5.82 Å². The Morgan fingerprint density at radius 1 is 1.08 bits per heavy atom. The first-order valence-electron chi connectivity index (χ1n) is 8.94. The lowest BCUT2D eigenvalue weighted by Gasteiger charge is -2.13. The number of unbranched alkanes of at least 4 members (excludes halogenated alkanes) is 1. The van der Waals surface area contributed by atoms with Crippen LogP contribution in [0.25, 0.3) is 16.9 Å². The predicted molar refractivity (Wildman–Crippen MR) is 103 cm³/mol. The van der Waals surface area contributed by atoms with Crippen LogP contribution in [-0.2, 0) is 0 Å². The first-order chi connectivity index (χ1) is 12.6. The summed E-state index contributed by atoms with van der Waals surface area (Å²) in [4.78, 5) is 12.6. The number of hydrogen-bond donors (Lipinski definition) is 1. The summed E-state index contributed by atoms with van der Waals surface area (Å²) in [7, 11) is 0. The van der Waals surface area contributed by atoms with Crippen LogP contribution in [0.4, 0.5) is 4.39 Å². The number of nitrogens with zero attached hydrogens (tertiary/aromatic N) is 1. The van der Waals surface area contributed by atoms with Crippen molar-refractivity contribution in [2.45, 2.75) is 26.7 Å². The molecule has 2 aromatic carbocycles. The van der Waals surface area contributed by atoms with Gasteiger partial charge < -0.3 is 9.88 Å². The van der Waals surface area contributed by atoms with E-state index < -0.39 is 0 Å². The molecule has 3 nitrogen and oxygen atoms in total. The van der Waals surface area contributed by atoms with Crippen LogP contribution in [0.15, 0.2) is 60.7 Å². The van der Waals surface area contributed by atoms with Gasteiger partial charge >= 0.3 is 0 Å². The topological polar surface area (TPSA) is 34.0 Å². The molecule has 0 saturated heterocycles. The maximum absolute atomic E-state index is 14.5. The molecular weight excluding hydrogens is 327 g/mol. The van der Waals surface area contributed by atoms with Gasteiger partial charge in [-0.15, -0.1) is 0 Å². The molecule has 0 bridgehead atoms. The highest BCUT2D eigenvalue weighted by Crippen LogP contribution is 2.30. The number of rotatable bonds is 6. The van der Waals surface area contributed by atoms with Crippen LogP contribution >= 0.6 is 0 Å². The van der Waals surface area contributed by atoms with Gasteiger partial charge in [-0.05, 0) is 37.1 Å². The van der Waals surface area contributed by atoms with Crippen LogP contribution in [0, 0.1) is 12.7 Å². The van der Waals surface area contributed by atoms with Gasteiger partial charge in [0, 0.05) is 12.2 Å². The zero-order valence-corrected chi connectivity index (χ0v) is 15.1. The molecule has 3 rings (SSSR count). The second-order valence-corrected chi connectivity index (χ2v) is 6.29. The second kappa shape index (κ2) is 8.00. The number of nitrogens with one attached hydrogen (secondary N) is 1. The molecule has 4 heteroatoms. The SMILES string of the molecule is CCCCNC(=O)c1cc(-c2ccccc2)n(-c2ccccc2F)c1C. The van der Waals surface area contributed by atoms with Crippen LogP contribution in [0.3, 0.4) is 0 Å². The summed E-state index contributed by atoms with van der Waals surface area (Å²) >= 11 is 0. The molecule has 0 fully saturated rings. The van der Waals surface area contributed by atoms with Crippen molar-refractivity contribution in [1.82, 2.24) is 9.88 Å². The van der Waals surface area contributed by atoms with Gasteiger partial charge in [0.15, 0.2) is 0 Å². The number of benzene rings is 2. The van der Waals surface area contributed by atoms with Gasteiger partial charge in [-0.3, -0.25) is 4.79 Å². The van der Waals surface area contributed by atoms with Gasteiger partial charge in [0.2, 0.25) is 0 Å². The van der Waals surface area contributed by atoms with Crippen LogP contribution in [0.1, 0.15) is 35.8 Å². The Labute approximate surface area is 153 Å². The zero-order chi connectivity index (χ0) is 18.5. The molecule has 0 unspecified atom stereocenters. The van der Waals surface area contributed by atoms with E-state index in [2.05, 4.69) is 12.2 Å². The third-order valence-corrected chi connectivity index (χ3v) is 4.47. The van der Waals surface area contributed by atoms with E-state index in [9.17, 15) is 9.18 Å². The Balaban J connectivity index is 2.12. The van der Waals surface area contributed by atoms with E-state index in [4.69, 9.17) is 0 Å². The van der Waals surface area contributed by atoms with Crippen molar-refractivity contribution < 1.29 is 9.18 Å². The van der Waals surface area contributed by atoms with Gasteiger partial charge in [0.25, 0.3) is 5.91 Å². The Morgan fingerprint density at radius 3 is 2.46 bits per heavy atom. The molecule has 134 valence electrons. The summed E-state index contributed by atoms with van der Waals surface area (Å²) in [6.07, 6.45) is 1.95. The van der Waals surface area contributed by atoms with Crippen molar-refractivity contribution in [3.8, 4) is 16.9 Å². The number of aromatic nitrogens is 1. The first kappa shape index (κ1) is 17.9. The minimum atomic E-state index is -0.318. The normalized spacial score (nSPS) is 10.7. The lowest BCUT2D eigenvalue weighted by Crippen LogP contribution is -2.24. The highest BCUT2D eigenvalue weighted by Gasteiger charge is 2.20. The van der Waals surface area contributed by atoms with Crippen molar-refractivity contribution in [2.75, 3.05) is 6.54 Å². The average molecular weight is 350 g/mol. The number of halogens is 1. The first-order valence-corrected chi connectivity index (χ1v) is 8.94. The predicted octanol–water partition coefficient (Wildman–Crippen LogP) is 5.12. The van der Waals surface area contributed by atoms with E-state index in [1.54, 1.807) is 18.2 Å². The summed E-state index contributed by atoms with van der Waals surface area (Å²) in [5.41, 5.74) is 3.47. The molecule has 0 spiro atoms. The molecule has 1 N–H and O–H groups in total. The molecule has 1 aromatic heterocycles. The molecule has 1 amide bonds. The molecule has 0 radical (unpaired) electrons. The number of carbonyl (C=O) groups excluding carboxylic acids is 1. The van der Waals surface area contributed by atoms with Gasteiger partial charge in [-0.1, -0.05) is 55.8 Å². The van der Waals surface area contributed by atoms with Gasteiger partial charge in [-0.2, -0.15) is 0 Å².